The number of hydrogen-bond donors (Lipinski definition) is 0. The predicted molar refractivity (Wildman–Crippen MR) is 39.2 cm³/mol. The Hall–Kier alpha value is -1.49. The number of hydrogen-bond acceptors (Lipinski definition) is 1. The fraction of sp³-hybridized carbons (Fsp3) is 0.125. The molecule has 2 rings (SSSR count). The highest BCUT2D eigenvalue weighted by atomic mass is 15.0. The maximum absolute atomic E-state index is 4.13. The summed E-state index contributed by atoms with van der Waals surface area (Å²) in [6.45, 7) is 0. The molecule has 2 heteroatoms. The van der Waals surface area contributed by atoms with Crippen LogP contribution in [0.15, 0.2) is 17.8 Å². The van der Waals surface area contributed by atoms with Crippen molar-refractivity contribution in [2.75, 3.05) is 0 Å². The lowest BCUT2D eigenvalue weighted by molar-refractivity contribution is 0.902. The Bertz CT molecular complexity index is 359. The van der Waals surface area contributed by atoms with Gasteiger partial charge in [0.25, 0.3) is 0 Å². The van der Waals surface area contributed by atoms with E-state index < -0.39 is 0 Å². The summed E-state index contributed by atoms with van der Waals surface area (Å²) < 4.78 is 1.96. The lowest BCUT2D eigenvalue weighted by Crippen LogP contribution is -1.89. The Balaban J connectivity index is 2.78. The molecule has 0 spiro atoms. The average Bonchev–Trinajstić information content (AvgIpc) is 2.34. The number of aromatic nitrogens is 2. The van der Waals surface area contributed by atoms with Crippen molar-refractivity contribution in [3.8, 4) is 0 Å². The highest BCUT2D eigenvalue weighted by Gasteiger charge is 2.02. The van der Waals surface area contributed by atoms with Crippen LogP contribution in [0.1, 0.15) is 11.4 Å². The Morgan fingerprint density at radius 2 is 2.20 bits per heavy atom. The van der Waals surface area contributed by atoms with E-state index in [4.69, 9.17) is 0 Å². The lowest BCUT2D eigenvalue weighted by Gasteiger charge is -1.94. The van der Waals surface area contributed by atoms with Crippen molar-refractivity contribution in [3.05, 3.63) is 29.2 Å². The summed E-state index contributed by atoms with van der Waals surface area (Å²) >= 11 is 0. The molecule has 0 aromatic carbocycles. The van der Waals surface area contributed by atoms with E-state index in [-0.39, 0.29) is 0 Å². The zero-order chi connectivity index (χ0) is 6.97. The zero-order valence-electron chi connectivity index (χ0n) is 5.63. The zero-order valence-corrected chi connectivity index (χ0v) is 5.63. The van der Waals surface area contributed by atoms with Crippen LogP contribution >= 0.6 is 0 Å². The number of nitrogens with zero attached hydrogens (tertiary/aromatic N) is 2. The van der Waals surface area contributed by atoms with E-state index in [0.717, 1.165) is 11.4 Å². The molecule has 0 unspecified atom stereocenters. The molecule has 2 nitrogen and oxygen atoms in total. The number of aryl methyl sites for hydroxylation is 1. The Labute approximate surface area is 58.8 Å². The van der Waals surface area contributed by atoms with E-state index in [1.54, 1.807) is 6.33 Å². The van der Waals surface area contributed by atoms with Gasteiger partial charge in [0.05, 0.1) is 17.7 Å². The summed E-state index contributed by atoms with van der Waals surface area (Å²) in [7, 11) is 1.96. The highest BCUT2D eigenvalue weighted by molar-refractivity contribution is 5.62. The fourth-order valence-electron chi connectivity index (χ4n) is 0.965. The molecule has 10 heavy (non-hydrogen) atoms. The Morgan fingerprint density at radius 3 is 3.00 bits per heavy atom. The molecule has 0 atom stereocenters. The molecule has 1 aliphatic carbocycles. The first kappa shape index (κ1) is 5.31. The summed E-state index contributed by atoms with van der Waals surface area (Å²) in [6, 6.07) is 0. The first-order chi connectivity index (χ1) is 4.88. The molecule has 0 aliphatic heterocycles. The fourth-order valence-corrected chi connectivity index (χ4v) is 0.965. The molecule has 1 aliphatic rings. The minimum absolute atomic E-state index is 0.973. The van der Waals surface area contributed by atoms with Crippen LogP contribution in [0.3, 0.4) is 0 Å². The van der Waals surface area contributed by atoms with Gasteiger partial charge in [-0.3, -0.25) is 0 Å². The van der Waals surface area contributed by atoms with Gasteiger partial charge in [0.1, 0.15) is 0 Å². The molecule has 0 saturated heterocycles. The van der Waals surface area contributed by atoms with Crippen LogP contribution in [0.5, 0.6) is 0 Å². The van der Waals surface area contributed by atoms with Crippen LogP contribution < -0.4 is 0 Å². The second kappa shape index (κ2) is 1.74. The molecule has 1 heterocycles. The van der Waals surface area contributed by atoms with Crippen molar-refractivity contribution < 1.29 is 0 Å². The molecule has 0 saturated carbocycles. The lowest BCUT2D eigenvalue weighted by atomic mass is 10.2. The first-order valence-corrected chi connectivity index (χ1v) is 3.07. The monoisotopic (exact) mass is 130 g/mol. The Kier molecular flexibility index (Phi) is 0.925. The summed E-state index contributed by atoms with van der Waals surface area (Å²) in [5, 5.41) is 0. The van der Waals surface area contributed by atoms with Crippen molar-refractivity contribution in [3.63, 3.8) is 0 Å². The molecule has 0 fully saturated rings. The Morgan fingerprint density at radius 1 is 1.40 bits per heavy atom. The smallest absolute Gasteiger partial charge is 0.0974 e. The standard InChI is InChI=1S/C8H6N2/c1-10-6-9-7-4-2-3-5-8(7)10/h4-6H,1H3. The quantitative estimate of drug-likeness (QED) is 0.490. The van der Waals surface area contributed by atoms with Crippen molar-refractivity contribution >= 4 is 12.2 Å². The number of imidazole rings is 1. The summed E-state index contributed by atoms with van der Waals surface area (Å²) in [6.07, 6.45) is 5.49. The first-order valence-electron chi connectivity index (χ1n) is 3.07. The highest BCUT2D eigenvalue weighted by Crippen LogP contribution is 2.10. The van der Waals surface area contributed by atoms with Gasteiger partial charge in [0.2, 0.25) is 0 Å². The predicted octanol–water partition coefficient (Wildman–Crippen LogP) is 1.21. The molecule has 0 N–H and O–H groups in total. The molecular weight excluding hydrogens is 124 g/mol. The van der Waals surface area contributed by atoms with Gasteiger partial charge < -0.3 is 4.57 Å². The van der Waals surface area contributed by atoms with E-state index in [0.29, 0.717) is 0 Å². The van der Waals surface area contributed by atoms with Crippen LogP contribution in [0.2, 0.25) is 0 Å². The molecule has 0 amide bonds. The largest absolute Gasteiger partial charge is 0.333 e. The second-order valence-corrected chi connectivity index (χ2v) is 2.20. The summed E-state index contributed by atoms with van der Waals surface area (Å²) in [4.78, 5) is 4.13. The van der Waals surface area contributed by atoms with Crippen molar-refractivity contribution in [1.82, 2.24) is 9.55 Å². The molecule has 0 bridgehead atoms. The van der Waals surface area contributed by atoms with Crippen LogP contribution in [-0.2, 0) is 7.05 Å². The van der Waals surface area contributed by atoms with Crippen LogP contribution in [0, 0.1) is 0 Å². The van der Waals surface area contributed by atoms with Gasteiger partial charge in [-0.2, -0.15) is 0 Å². The molecule has 1 aromatic rings. The van der Waals surface area contributed by atoms with Crippen molar-refractivity contribution in [1.29, 1.82) is 0 Å². The third kappa shape index (κ3) is 0.577. The maximum Gasteiger partial charge on any atom is 0.0974 e. The third-order valence-corrected chi connectivity index (χ3v) is 1.51. The van der Waals surface area contributed by atoms with Gasteiger partial charge in [-0.05, 0) is 0 Å². The normalized spacial score (nSPS) is 12.1. The van der Waals surface area contributed by atoms with Crippen molar-refractivity contribution in [2.45, 2.75) is 0 Å². The summed E-state index contributed by atoms with van der Waals surface area (Å²) in [5.41, 5.74) is 7.79. The van der Waals surface area contributed by atoms with Crippen molar-refractivity contribution in [2.24, 2.45) is 7.05 Å². The second-order valence-electron chi connectivity index (χ2n) is 2.20. The van der Waals surface area contributed by atoms with E-state index >= 15 is 0 Å². The molecule has 1 aromatic heterocycles. The number of fused-ring (bicyclic) bond motifs is 1. The van der Waals surface area contributed by atoms with Gasteiger partial charge in [0, 0.05) is 19.2 Å². The van der Waals surface area contributed by atoms with E-state index in [1.807, 2.05) is 23.8 Å². The topological polar surface area (TPSA) is 17.8 Å². The van der Waals surface area contributed by atoms with Crippen LogP contribution in [-0.4, -0.2) is 9.55 Å². The van der Waals surface area contributed by atoms with Gasteiger partial charge >= 0.3 is 0 Å². The van der Waals surface area contributed by atoms with Gasteiger partial charge in [-0.15, -0.1) is 0 Å². The van der Waals surface area contributed by atoms with E-state index in [9.17, 15) is 0 Å². The molecule has 48 valence electrons. The molecular formula is C8H6N2. The maximum atomic E-state index is 4.13. The minimum Gasteiger partial charge on any atom is -0.333 e. The SMILES string of the molecule is Cn1cnc2c1C=C=C=C2. The van der Waals surface area contributed by atoms with E-state index in [2.05, 4.69) is 16.4 Å². The van der Waals surface area contributed by atoms with Crippen LogP contribution in [0.4, 0.5) is 0 Å². The van der Waals surface area contributed by atoms with Crippen LogP contribution in [0.25, 0.3) is 12.2 Å². The van der Waals surface area contributed by atoms with Gasteiger partial charge in [-0.25, -0.2) is 4.98 Å². The minimum atomic E-state index is 0.973. The third-order valence-electron chi connectivity index (χ3n) is 1.51. The van der Waals surface area contributed by atoms with E-state index in [1.165, 1.54) is 0 Å². The van der Waals surface area contributed by atoms with Gasteiger partial charge in [0.15, 0.2) is 0 Å². The number of rotatable bonds is 0. The average molecular weight is 130 g/mol. The summed E-state index contributed by atoms with van der Waals surface area (Å²) in [5.74, 6) is 0. The molecule has 0 radical (unpaired) electrons. The van der Waals surface area contributed by atoms with Gasteiger partial charge in [-0.1, -0.05) is 11.5 Å².